The summed E-state index contributed by atoms with van der Waals surface area (Å²) in [5.41, 5.74) is 0. The molecule has 4 nitrogen and oxygen atoms in total. The van der Waals surface area contributed by atoms with Crippen LogP contribution in [0.2, 0.25) is 0 Å². The summed E-state index contributed by atoms with van der Waals surface area (Å²) in [7, 11) is 0. The zero-order valence-electron chi connectivity index (χ0n) is 7.90. The molecule has 1 saturated heterocycles. The maximum Gasteiger partial charge on any atom is 0.306 e. The van der Waals surface area contributed by atoms with Crippen LogP contribution in [0, 0.1) is 23.2 Å². The van der Waals surface area contributed by atoms with Crippen molar-refractivity contribution in [1.29, 1.82) is 5.26 Å². The minimum atomic E-state index is -0.741. The van der Waals surface area contributed by atoms with Gasteiger partial charge in [-0.2, -0.15) is 5.26 Å². The average Bonchev–Trinajstić information content (AvgIpc) is 2.00. The molecule has 0 spiro atoms. The number of nitriles is 1. The van der Waals surface area contributed by atoms with E-state index in [2.05, 4.69) is 6.07 Å². The number of hydrogen-bond donors (Lipinski definition) is 1. The van der Waals surface area contributed by atoms with E-state index in [1.54, 1.807) is 6.92 Å². The summed E-state index contributed by atoms with van der Waals surface area (Å²) in [5.74, 6) is -0.815. The van der Waals surface area contributed by atoms with Gasteiger partial charge in [-0.15, -0.1) is 0 Å². The molecule has 0 amide bonds. The van der Waals surface area contributed by atoms with Crippen molar-refractivity contribution in [2.75, 3.05) is 13.1 Å². The first kappa shape index (κ1) is 10.0. The highest BCUT2D eigenvalue weighted by Crippen LogP contribution is 2.25. The highest BCUT2D eigenvalue weighted by Gasteiger charge is 2.36. The smallest absolute Gasteiger partial charge is 0.306 e. The fourth-order valence-corrected chi connectivity index (χ4v) is 1.46. The van der Waals surface area contributed by atoms with Crippen LogP contribution in [0.1, 0.15) is 13.8 Å². The Morgan fingerprint density at radius 2 is 2.15 bits per heavy atom. The van der Waals surface area contributed by atoms with E-state index in [-0.39, 0.29) is 17.9 Å². The normalized spacial score (nSPS) is 22.8. The van der Waals surface area contributed by atoms with Crippen LogP contribution >= 0.6 is 0 Å². The molecule has 1 fully saturated rings. The van der Waals surface area contributed by atoms with E-state index in [1.165, 1.54) is 0 Å². The summed E-state index contributed by atoms with van der Waals surface area (Å²) in [6, 6.07) is 2.05. The molecule has 1 heterocycles. The van der Waals surface area contributed by atoms with Crippen molar-refractivity contribution in [3.8, 4) is 6.07 Å². The van der Waals surface area contributed by atoms with Gasteiger partial charge in [0.25, 0.3) is 0 Å². The lowest BCUT2D eigenvalue weighted by molar-refractivity contribution is -0.145. The number of carbonyl (C=O) groups is 1. The lowest BCUT2D eigenvalue weighted by Gasteiger charge is -2.42. The van der Waals surface area contributed by atoms with Crippen molar-refractivity contribution in [2.45, 2.75) is 19.9 Å². The number of hydrogen-bond acceptors (Lipinski definition) is 3. The first-order valence-corrected chi connectivity index (χ1v) is 4.42. The molecule has 1 aliphatic heterocycles. The molecule has 4 heteroatoms. The van der Waals surface area contributed by atoms with Crippen molar-refractivity contribution < 1.29 is 9.90 Å². The molecular formula is C9H14N2O2. The van der Waals surface area contributed by atoms with Crippen LogP contribution < -0.4 is 0 Å². The van der Waals surface area contributed by atoms with Gasteiger partial charge in [0.15, 0.2) is 0 Å². The number of aliphatic carboxylic acids is 1. The van der Waals surface area contributed by atoms with Gasteiger partial charge in [0, 0.05) is 13.1 Å². The van der Waals surface area contributed by atoms with Gasteiger partial charge in [-0.05, 0) is 12.8 Å². The van der Waals surface area contributed by atoms with Gasteiger partial charge in [0.1, 0.15) is 0 Å². The Labute approximate surface area is 77.8 Å². The minimum Gasteiger partial charge on any atom is -0.481 e. The third-order valence-electron chi connectivity index (χ3n) is 2.77. The maximum absolute atomic E-state index is 10.6. The highest BCUT2D eigenvalue weighted by atomic mass is 16.4. The van der Waals surface area contributed by atoms with Crippen molar-refractivity contribution in [2.24, 2.45) is 11.8 Å². The molecule has 1 rings (SSSR count). The van der Waals surface area contributed by atoms with E-state index in [0.717, 1.165) is 13.1 Å². The van der Waals surface area contributed by atoms with Gasteiger partial charge in [0.2, 0.25) is 0 Å². The Morgan fingerprint density at radius 1 is 1.62 bits per heavy atom. The first-order chi connectivity index (χ1) is 6.06. The Bertz CT molecular complexity index is 240. The van der Waals surface area contributed by atoms with E-state index in [9.17, 15) is 4.79 Å². The summed E-state index contributed by atoms with van der Waals surface area (Å²) >= 11 is 0. The summed E-state index contributed by atoms with van der Waals surface area (Å²) in [4.78, 5) is 12.6. The molecule has 0 aromatic rings. The lowest BCUT2D eigenvalue weighted by atomic mass is 9.86. The number of rotatable bonds is 3. The van der Waals surface area contributed by atoms with E-state index in [4.69, 9.17) is 10.4 Å². The Kier molecular flexibility index (Phi) is 2.89. The predicted molar refractivity (Wildman–Crippen MR) is 46.9 cm³/mol. The predicted octanol–water partition coefficient (Wildman–Crippen LogP) is 0.551. The third kappa shape index (κ3) is 1.99. The molecule has 0 aliphatic carbocycles. The molecule has 72 valence electrons. The highest BCUT2D eigenvalue weighted by molar-refractivity contribution is 5.70. The second kappa shape index (κ2) is 3.75. The van der Waals surface area contributed by atoms with Gasteiger partial charge >= 0.3 is 5.97 Å². The second-order valence-electron chi connectivity index (χ2n) is 3.65. The Balaban J connectivity index is 2.34. The number of carboxylic acid groups (broad SMARTS) is 1. The Hall–Kier alpha value is -1.08. The van der Waals surface area contributed by atoms with Gasteiger partial charge in [-0.25, -0.2) is 0 Å². The van der Waals surface area contributed by atoms with Crippen molar-refractivity contribution in [1.82, 2.24) is 4.90 Å². The fourth-order valence-electron chi connectivity index (χ4n) is 1.46. The molecule has 2 atom stereocenters. The van der Waals surface area contributed by atoms with Crippen molar-refractivity contribution in [3.05, 3.63) is 0 Å². The molecule has 2 unspecified atom stereocenters. The molecule has 0 aromatic carbocycles. The summed E-state index contributed by atoms with van der Waals surface area (Å²) in [6.07, 6.45) is 0. The molecular weight excluding hydrogens is 168 g/mol. The quantitative estimate of drug-likeness (QED) is 0.692. The second-order valence-corrected chi connectivity index (χ2v) is 3.65. The zero-order valence-corrected chi connectivity index (χ0v) is 7.90. The molecule has 0 bridgehead atoms. The molecule has 1 N–H and O–H groups in total. The SMILES string of the molecule is CC(C(=O)O)C1CN(C(C)C#N)C1. The molecule has 0 radical (unpaired) electrons. The van der Waals surface area contributed by atoms with Crippen LogP contribution in [0.15, 0.2) is 0 Å². The minimum absolute atomic E-state index is 0.0859. The van der Waals surface area contributed by atoms with Crippen LogP contribution in [0.5, 0.6) is 0 Å². The van der Waals surface area contributed by atoms with Crippen molar-refractivity contribution >= 4 is 5.97 Å². The largest absolute Gasteiger partial charge is 0.481 e. The van der Waals surface area contributed by atoms with Crippen LogP contribution in [-0.2, 0) is 4.79 Å². The van der Waals surface area contributed by atoms with Crippen LogP contribution in [0.4, 0.5) is 0 Å². The van der Waals surface area contributed by atoms with Gasteiger partial charge < -0.3 is 5.11 Å². The average molecular weight is 182 g/mol. The molecule has 1 aliphatic rings. The monoisotopic (exact) mass is 182 g/mol. The van der Waals surface area contributed by atoms with Crippen molar-refractivity contribution in [3.63, 3.8) is 0 Å². The fraction of sp³-hybridized carbons (Fsp3) is 0.778. The van der Waals surface area contributed by atoms with E-state index < -0.39 is 5.97 Å². The van der Waals surface area contributed by atoms with Crippen LogP contribution in [-0.4, -0.2) is 35.1 Å². The van der Waals surface area contributed by atoms with Crippen LogP contribution in [0.3, 0.4) is 0 Å². The molecule has 0 saturated carbocycles. The van der Waals surface area contributed by atoms with E-state index in [0.29, 0.717) is 0 Å². The number of likely N-dealkylation sites (tertiary alicyclic amines) is 1. The number of carboxylic acids is 1. The van der Waals surface area contributed by atoms with Crippen LogP contribution in [0.25, 0.3) is 0 Å². The Morgan fingerprint density at radius 3 is 2.54 bits per heavy atom. The standard InChI is InChI=1S/C9H14N2O2/c1-6(3-10)11-4-8(5-11)7(2)9(12)13/h6-8H,4-5H2,1-2H3,(H,12,13). The first-order valence-electron chi connectivity index (χ1n) is 4.42. The topological polar surface area (TPSA) is 64.3 Å². The zero-order chi connectivity index (χ0) is 10.0. The molecule has 13 heavy (non-hydrogen) atoms. The van der Waals surface area contributed by atoms with Gasteiger partial charge in [0.05, 0.1) is 18.0 Å². The third-order valence-corrected chi connectivity index (χ3v) is 2.77. The number of nitrogens with zero attached hydrogens (tertiary/aromatic N) is 2. The summed E-state index contributed by atoms with van der Waals surface area (Å²) in [6.45, 7) is 5.04. The van der Waals surface area contributed by atoms with E-state index in [1.807, 2.05) is 11.8 Å². The summed E-state index contributed by atoms with van der Waals surface area (Å²) < 4.78 is 0. The lowest BCUT2D eigenvalue weighted by Crippen LogP contribution is -2.54. The van der Waals surface area contributed by atoms with E-state index >= 15 is 0 Å². The van der Waals surface area contributed by atoms with Gasteiger partial charge in [-0.1, -0.05) is 6.92 Å². The maximum atomic E-state index is 10.6. The summed E-state index contributed by atoms with van der Waals surface area (Å²) in [5, 5.41) is 17.3. The van der Waals surface area contributed by atoms with Gasteiger partial charge in [-0.3, -0.25) is 9.69 Å². The molecule has 0 aromatic heterocycles.